The Balaban J connectivity index is 1.24. The molecule has 5 aliphatic rings. The first-order valence-electron chi connectivity index (χ1n) is 13.2. The zero-order valence-electron chi connectivity index (χ0n) is 20.4. The molecule has 0 aromatic heterocycles. The molecule has 206 valence electrons. The summed E-state index contributed by atoms with van der Waals surface area (Å²) in [6.45, 7) is -0.190. The van der Waals surface area contributed by atoms with Gasteiger partial charge >= 0.3 is 6.18 Å². The molecule has 0 spiro atoms. The summed E-state index contributed by atoms with van der Waals surface area (Å²) in [5.74, 6) is -2.29. The van der Waals surface area contributed by atoms with E-state index in [1.807, 2.05) is 0 Å². The van der Waals surface area contributed by atoms with Gasteiger partial charge in [0.2, 0.25) is 11.8 Å². The molecule has 0 saturated heterocycles. The standard InChI is InChI=1S/C25H37ClF4N2O4/c26-18-5-4-17(12-19(18)27)36-14-22(35)31-23-6-8-24(9-7-23,20(33)13-23)32-21(34)11-15-2-1-3-16(10-15)25(28,29)30/h15-20,33H,1-14H2,(H,31,35)(H,32,34). The van der Waals surface area contributed by atoms with E-state index < -0.39 is 40.8 Å². The molecule has 2 amide bonds. The van der Waals surface area contributed by atoms with Crippen molar-refractivity contribution in [1.82, 2.24) is 10.6 Å². The molecule has 5 aliphatic carbocycles. The lowest BCUT2D eigenvalue weighted by Crippen LogP contribution is -2.70. The van der Waals surface area contributed by atoms with Gasteiger partial charge in [0.15, 0.2) is 0 Å². The van der Waals surface area contributed by atoms with Crippen LogP contribution in [0.2, 0.25) is 0 Å². The smallest absolute Gasteiger partial charge is 0.391 e. The monoisotopic (exact) mass is 540 g/mol. The molecule has 0 radical (unpaired) electrons. The summed E-state index contributed by atoms with van der Waals surface area (Å²) in [4.78, 5) is 25.4. The Bertz CT molecular complexity index is 805. The lowest BCUT2D eigenvalue weighted by molar-refractivity contribution is -0.186. The van der Waals surface area contributed by atoms with Crippen molar-refractivity contribution in [1.29, 1.82) is 0 Å². The van der Waals surface area contributed by atoms with Gasteiger partial charge < -0.3 is 20.5 Å². The number of nitrogens with one attached hydrogen (secondary N) is 2. The van der Waals surface area contributed by atoms with Crippen molar-refractivity contribution in [2.45, 2.75) is 124 Å². The fourth-order valence-electron chi connectivity index (χ4n) is 6.75. The number of hydrogen-bond acceptors (Lipinski definition) is 4. The summed E-state index contributed by atoms with van der Waals surface area (Å²) in [6.07, 6.45) is -1.76. The Morgan fingerprint density at radius 3 is 2.36 bits per heavy atom. The highest BCUT2D eigenvalue weighted by atomic mass is 35.5. The normalized spacial score (nSPS) is 41.1. The number of halogens is 5. The van der Waals surface area contributed by atoms with E-state index in [0.717, 1.165) is 0 Å². The van der Waals surface area contributed by atoms with Crippen LogP contribution < -0.4 is 10.6 Å². The largest absolute Gasteiger partial charge is 0.391 e. The summed E-state index contributed by atoms with van der Waals surface area (Å²) in [7, 11) is 0. The Kier molecular flexibility index (Phi) is 8.47. The van der Waals surface area contributed by atoms with E-state index in [9.17, 15) is 32.3 Å². The van der Waals surface area contributed by atoms with Crippen molar-refractivity contribution >= 4 is 23.4 Å². The van der Waals surface area contributed by atoms with Crippen molar-refractivity contribution in [2.24, 2.45) is 11.8 Å². The summed E-state index contributed by atoms with van der Waals surface area (Å²) in [6, 6.07) is 0. The number of fused-ring (bicyclic) bond motifs is 3. The van der Waals surface area contributed by atoms with E-state index in [4.69, 9.17) is 16.3 Å². The first-order chi connectivity index (χ1) is 16.9. The fourth-order valence-corrected chi connectivity index (χ4v) is 6.97. The van der Waals surface area contributed by atoms with E-state index in [1.165, 1.54) is 0 Å². The van der Waals surface area contributed by atoms with Crippen LogP contribution in [0.5, 0.6) is 0 Å². The van der Waals surface area contributed by atoms with E-state index in [1.54, 1.807) is 0 Å². The minimum atomic E-state index is -4.23. The van der Waals surface area contributed by atoms with Gasteiger partial charge in [-0.05, 0) is 70.1 Å². The third kappa shape index (κ3) is 6.46. The van der Waals surface area contributed by atoms with Crippen molar-refractivity contribution in [3.05, 3.63) is 0 Å². The number of carbonyl (C=O) groups is 2. The summed E-state index contributed by atoms with van der Waals surface area (Å²) < 4.78 is 58.7. The van der Waals surface area contributed by atoms with E-state index in [0.29, 0.717) is 51.4 Å². The molecule has 3 N–H and O–H groups in total. The Morgan fingerprint density at radius 1 is 1.00 bits per heavy atom. The molecular formula is C25H37ClF4N2O4. The first kappa shape index (κ1) is 27.9. The lowest BCUT2D eigenvalue weighted by Gasteiger charge is -2.56. The number of carbonyl (C=O) groups excluding carboxylic acids is 2. The highest BCUT2D eigenvalue weighted by Crippen LogP contribution is 2.47. The maximum Gasteiger partial charge on any atom is 0.391 e. The van der Waals surface area contributed by atoms with Gasteiger partial charge in [0.05, 0.1) is 29.0 Å². The molecular weight excluding hydrogens is 504 g/mol. The van der Waals surface area contributed by atoms with E-state index in [2.05, 4.69) is 10.6 Å². The van der Waals surface area contributed by atoms with E-state index >= 15 is 0 Å². The number of rotatable bonds is 7. The van der Waals surface area contributed by atoms with Gasteiger partial charge in [-0.3, -0.25) is 9.59 Å². The predicted octanol–water partition coefficient (Wildman–Crippen LogP) is 4.31. The maximum atomic E-state index is 13.8. The van der Waals surface area contributed by atoms with Gasteiger partial charge in [-0.15, -0.1) is 11.6 Å². The number of aliphatic hydroxyl groups is 1. The maximum absolute atomic E-state index is 13.8. The van der Waals surface area contributed by atoms with Gasteiger partial charge in [-0.25, -0.2) is 4.39 Å². The molecule has 6 unspecified atom stereocenters. The minimum absolute atomic E-state index is 0.0248. The number of amides is 2. The Hall–Kier alpha value is -1.13. The van der Waals surface area contributed by atoms with Crippen LogP contribution in [-0.2, 0) is 14.3 Å². The third-order valence-electron chi connectivity index (χ3n) is 8.93. The molecule has 0 heterocycles. The first-order valence-corrected chi connectivity index (χ1v) is 13.6. The third-order valence-corrected chi connectivity index (χ3v) is 9.42. The van der Waals surface area contributed by atoms with Crippen LogP contribution in [0.1, 0.15) is 83.5 Å². The average Bonchev–Trinajstić information content (AvgIpc) is 2.80. The molecule has 5 saturated carbocycles. The van der Waals surface area contributed by atoms with Crippen LogP contribution in [0.3, 0.4) is 0 Å². The molecule has 11 heteroatoms. The van der Waals surface area contributed by atoms with Gasteiger partial charge in [-0.1, -0.05) is 6.42 Å². The zero-order chi connectivity index (χ0) is 26.1. The summed E-state index contributed by atoms with van der Waals surface area (Å²) in [5.41, 5.74) is -1.40. The predicted molar refractivity (Wildman–Crippen MR) is 125 cm³/mol. The Morgan fingerprint density at radius 2 is 1.72 bits per heavy atom. The van der Waals surface area contributed by atoms with Crippen molar-refractivity contribution in [2.75, 3.05) is 6.61 Å². The van der Waals surface area contributed by atoms with Crippen LogP contribution in [0.15, 0.2) is 0 Å². The van der Waals surface area contributed by atoms with Crippen LogP contribution in [0.4, 0.5) is 17.6 Å². The number of hydrogen-bond donors (Lipinski definition) is 3. The highest BCUT2D eigenvalue weighted by molar-refractivity contribution is 6.21. The molecule has 5 rings (SSSR count). The second-order valence-electron chi connectivity index (χ2n) is 11.5. The molecule has 5 fully saturated rings. The van der Waals surface area contributed by atoms with Crippen LogP contribution in [0, 0.1) is 11.8 Å². The molecule has 2 bridgehead atoms. The van der Waals surface area contributed by atoms with Gasteiger partial charge in [-0.2, -0.15) is 13.2 Å². The number of aliphatic hydroxyl groups excluding tert-OH is 1. The molecule has 6 atom stereocenters. The second kappa shape index (κ2) is 10.9. The van der Waals surface area contributed by atoms with Gasteiger partial charge in [0.1, 0.15) is 12.8 Å². The summed E-state index contributed by atoms with van der Waals surface area (Å²) >= 11 is 5.89. The number of alkyl halides is 5. The molecule has 0 aliphatic heterocycles. The van der Waals surface area contributed by atoms with Crippen LogP contribution in [-0.4, -0.2) is 64.5 Å². The lowest BCUT2D eigenvalue weighted by atomic mass is 9.59. The van der Waals surface area contributed by atoms with Crippen molar-refractivity contribution in [3.8, 4) is 0 Å². The molecule has 0 aromatic rings. The highest BCUT2D eigenvalue weighted by Gasteiger charge is 2.55. The van der Waals surface area contributed by atoms with Gasteiger partial charge in [0, 0.05) is 18.4 Å². The average molecular weight is 541 g/mol. The molecule has 36 heavy (non-hydrogen) atoms. The van der Waals surface area contributed by atoms with Gasteiger partial charge in [0.25, 0.3) is 0 Å². The summed E-state index contributed by atoms with van der Waals surface area (Å²) in [5, 5.41) is 16.4. The fraction of sp³-hybridized carbons (Fsp3) is 0.920. The molecule has 0 aromatic carbocycles. The quantitative estimate of drug-likeness (QED) is 0.332. The van der Waals surface area contributed by atoms with Crippen molar-refractivity contribution < 1.29 is 37.0 Å². The SMILES string of the molecule is O=C(COC1CCC(Cl)C(F)C1)NC12CCC(NC(=O)CC3CCCC(C(F)(F)F)C3)(CC1)C(O)C2. The zero-order valence-corrected chi connectivity index (χ0v) is 21.2. The minimum Gasteiger partial charge on any atom is -0.391 e. The van der Waals surface area contributed by atoms with Crippen LogP contribution in [0.25, 0.3) is 0 Å². The Labute approximate surface area is 214 Å². The number of ether oxygens (including phenoxy) is 1. The van der Waals surface area contributed by atoms with Crippen molar-refractivity contribution in [3.63, 3.8) is 0 Å². The van der Waals surface area contributed by atoms with Crippen LogP contribution >= 0.6 is 11.6 Å². The topological polar surface area (TPSA) is 87.7 Å². The van der Waals surface area contributed by atoms with E-state index in [-0.39, 0.29) is 62.5 Å². The second-order valence-corrected chi connectivity index (χ2v) is 12.1. The molecule has 6 nitrogen and oxygen atoms in total.